The number of hydroxylamine groups is 1. The molecule has 2 rings (SSSR count). The van der Waals surface area contributed by atoms with Crippen LogP contribution in [0.15, 0.2) is 30.5 Å². The predicted octanol–water partition coefficient (Wildman–Crippen LogP) is 2.91. The molecule has 2 atom stereocenters. The normalized spacial score (nSPS) is 12.8. The van der Waals surface area contributed by atoms with E-state index in [1.165, 1.54) is 13.1 Å². The highest BCUT2D eigenvalue weighted by Crippen LogP contribution is 2.25. The van der Waals surface area contributed by atoms with Crippen molar-refractivity contribution in [3.63, 3.8) is 0 Å². The van der Waals surface area contributed by atoms with Crippen molar-refractivity contribution in [2.75, 3.05) is 15.7 Å². The van der Waals surface area contributed by atoms with Crippen LogP contribution in [0.3, 0.4) is 0 Å². The molecule has 0 unspecified atom stereocenters. The van der Waals surface area contributed by atoms with Gasteiger partial charge in [0.2, 0.25) is 11.9 Å². The van der Waals surface area contributed by atoms with Crippen molar-refractivity contribution in [1.29, 1.82) is 0 Å². The standard InChI is InChI=1S/C19H26N6O3/c1-5-11(2)12(3)25(28)18-16(17(20)27)10-21-19(24-18)23-15-8-6-7-14(9-15)22-13(4)26/h6-12,28H,5H2,1-4H3,(H2,20,27)(H,22,26)(H,21,23,24)/t11-,12-/m0/s1. The highest BCUT2D eigenvalue weighted by atomic mass is 16.5. The number of hydrogen-bond acceptors (Lipinski definition) is 7. The molecule has 2 amide bonds. The molecule has 9 heteroatoms. The van der Waals surface area contributed by atoms with Gasteiger partial charge in [-0.1, -0.05) is 26.3 Å². The number of carbonyl (C=O) groups excluding carboxylic acids is 2. The number of hydrogen-bond donors (Lipinski definition) is 4. The number of rotatable bonds is 8. The summed E-state index contributed by atoms with van der Waals surface area (Å²) in [5.41, 5.74) is 6.68. The van der Waals surface area contributed by atoms with Crippen LogP contribution in [-0.2, 0) is 4.79 Å². The fourth-order valence-electron chi connectivity index (χ4n) is 2.56. The molecule has 2 aromatic rings. The van der Waals surface area contributed by atoms with Crippen LogP contribution >= 0.6 is 0 Å². The van der Waals surface area contributed by atoms with Crippen molar-refractivity contribution in [3.05, 3.63) is 36.0 Å². The number of carbonyl (C=O) groups is 2. The van der Waals surface area contributed by atoms with E-state index in [1.54, 1.807) is 24.3 Å². The Kier molecular flexibility index (Phi) is 6.89. The lowest BCUT2D eigenvalue weighted by atomic mass is 10.0. The lowest BCUT2D eigenvalue weighted by Crippen LogP contribution is -2.37. The zero-order chi connectivity index (χ0) is 20.8. The number of benzene rings is 1. The fourth-order valence-corrected chi connectivity index (χ4v) is 2.56. The van der Waals surface area contributed by atoms with Gasteiger partial charge in [0.05, 0.1) is 6.04 Å². The molecule has 9 nitrogen and oxygen atoms in total. The Bertz CT molecular complexity index is 857. The molecule has 0 saturated carbocycles. The Morgan fingerprint density at radius 1 is 1.29 bits per heavy atom. The number of primary amides is 1. The van der Waals surface area contributed by atoms with Gasteiger partial charge in [0.1, 0.15) is 5.56 Å². The van der Waals surface area contributed by atoms with Gasteiger partial charge < -0.3 is 16.4 Å². The predicted molar refractivity (Wildman–Crippen MR) is 108 cm³/mol. The number of nitrogens with one attached hydrogen (secondary N) is 2. The first-order valence-electron chi connectivity index (χ1n) is 9.02. The average molecular weight is 386 g/mol. The highest BCUT2D eigenvalue weighted by Gasteiger charge is 2.24. The van der Waals surface area contributed by atoms with E-state index in [1.807, 2.05) is 20.8 Å². The molecule has 0 radical (unpaired) electrons. The van der Waals surface area contributed by atoms with Crippen molar-refractivity contribution in [2.24, 2.45) is 11.7 Å². The van der Waals surface area contributed by atoms with Crippen LogP contribution in [0.1, 0.15) is 44.5 Å². The first-order chi connectivity index (χ1) is 13.2. The van der Waals surface area contributed by atoms with Crippen molar-refractivity contribution in [3.8, 4) is 0 Å². The molecule has 0 fully saturated rings. The maximum Gasteiger partial charge on any atom is 0.254 e. The second kappa shape index (κ2) is 9.14. The molecular formula is C19H26N6O3. The SMILES string of the molecule is CC[C@H](C)[C@H](C)N(O)c1nc(Nc2cccc(NC(C)=O)c2)ncc1C(N)=O. The number of amides is 2. The second-order valence-corrected chi connectivity index (χ2v) is 6.65. The van der Waals surface area contributed by atoms with Gasteiger partial charge in [0.15, 0.2) is 5.82 Å². The summed E-state index contributed by atoms with van der Waals surface area (Å²) in [5, 5.41) is 17.3. The van der Waals surface area contributed by atoms with Crippen LogP contribution in [0, 0.1) is 5.92 Å². The van der Waals surface area contributed by atoms with Gasteiger partial charge in [0.25, 0.3) is 5.91 Å². The smallest absolute Gasteiger partial charge is 0.254 e. The summed E-state index contributed by atoms with van der Waals surface area (Å²) in [6.45, 7) is 7.27. The fraction of sp³-hybridized carbons (Fsp3) is 0.368. The third kappa shape index (κ3) is 5.17. The summed E-state index contributed by atoms with van der Waals surface area (Å²) in [4.78, 5) is 31.4. The topological polar surface area (TPSA) is 133 Å². The largest absolute Gasteiger partial charge is 0.365 e. The number of nitrogens with zero attached hydrogens (tertiary/aromatic N) is 3. The summed E-state index contributed by atoms with van der Waals surface area (Å²) in [6, 6.07) is 6.71. The molecule has 1 heterocycles. The highest BCUT2D eigenvalue weighted by molar-refractivity contribution is 5.97. The Labute approximate surface area is 163 Å². The Hall–Kier alpha value is -3.20. The molecule has 0 saturated heterocycles. The van der Waals surface area contributed by atoms with E-state index in [0.717, 1.165) is 11.5 Å². The Morgan fingerprint density at radius 3 is 2.57 bits per heavy atom. The van der Waals surface area contributed by atoms with E-state index in [2.05, 4.69) is 20.6 Å². The van der Waals surface area contributed by atoms with Crippen LogP contribution in [0.25, 0.3) is 0 Å². The first kappa shape index (κ1) is 21.1. The van der Waals surface area contributed by atoms with E-state index < -0.39 is 5.91 Å². The van der Waals surface area contributed by atoms with E-state index in [9.17, 15) is 14.8 Å². The summed E-state index contributed by atoms with van der Waals surface area (Å²) in [5.74, 6) is -0.543. The third-order valence-electron chi connectivity index (χ3n) is 4.54. The summed E-state index contributed by atoms with van der Waals surface area (Å²) >= 11 is 0. The minimum atomic E-state index is -0.732. The molecule has 0 aliphatic heterocycles. The molecule has 1 aromatic carbocycles. The van der Waals surface area contributed by atoms with E-state index in [4.69, 9.17) is 5.73 Å². The van der Waals surface area contributed by atoms with Gasteiger partial charge >= 0.3 is 0 Å². The van der Waals surface area contributed by atoms with E-state index in [0.29, 0.717) is 11.4 Å². The second-order valence-electron chi connectivity index (χ2n) is 6.65. The van der Waals surface area contributed by atoms with Gasteiger partial charge in [-0.25, -0.2) is 10.0 Å². The minimum absolute atomic E-state index is 0.0233. The van der Waals surface area contributed by atoms with Crippen molar-refractivity contribution >= 4 is 35.0 Å². The van der Waals surface area contributed by atoms with Gasteiger partial charge in [-0.15, -0.1) is 0 Å². The summed E-state index contributed by atoms with van der Waals surface area (Å²) in [7, 11) is 0. The molecule has 0 aliphatic rings. The van der Waals surface area contributed by atoms with Crippen LogP contribution in [0.5, 0.6) is 0 Å². The Balaban J connectivity index is 2.34. The van der Waals surface area contributed by atoms with Crippen molar-refractivity contribution in [1.82, 2.24) is 9.97 Å². The average Bonchev–Trinajstić information content (AvgIpc) is 2.65. The van der Waals surface area contributed by atoms with Crippen molar-refractivity contribution in [2.45, 2.75) is 40.2 Å². The monoisotopic (exact) mass is 386 g/mol. The Morgan fingerprint density at radius 2 is 1.96 bits per heavy atom. The van der Waals surface area contributed by atoms with Gasteiger partial charge in [-0.2, -0.15) is 4.98 Å². The van der Waals surface area contributed by atoms with Gasteiger partial charge in [0, 0.05) is 24.5 Å². The maximum atomic E-state index is 11.7. The third-order valence-corrected chi connectivity index (χ3v) is 4.54. The summed E-state index contributed by atoms with van der Waals surface area (Å²) < 4.78 is 0. The number of aromatic nitrogens is 2. The minimum Gasteiger partial charge on any atom is -0.365 e. The zero-order valence-electron chi connectivity index (χ0n) is 16.4. The molecule has 150 valence electrons. The molecular weight excluding hydrogens is 360 g/mol. The molecule has 1 aromatic heterocycles. The van der Waals surface area contributed by atoms with Crippen molar-refractivity contribution < 1.29 is 14.8 Å². The maximum absolute atomic E-state index is 11.7. The van der Waals surface area contributed by atoms with Crippen LogP contribution < -0.4 is 21.4 Å². The quantitative estimate of drug-likeness (QED) is 0.513. The zero-order valence-corrected chi connectivity index (χ0v) is 16.4. The molecule has 0 spiro atoms. The molecule has 5 N–H and O–H groups in total. The molecule has 0 aliphatic carbocycles. The van der Waals surface area contributed by atoms with Crippen LogP contribution in [0.2, 0.25) is 0 Å². The lowest BCUT2D eigenvalue weighted by molar-refractivity contribution is -0.114. The molecule has 28 heavy (non-hydrogen) atoms. The molecule has 0 bridgehead atoms. The van der Waals surface area contributed by atoms with Gasteiger partial charge in [-0.05, 0) is 31.0 Å². The lowest BCUT2D eigenvalue weighted by Gasteiger charge is -2.29. The summed E-state index contributed by atoms with van der Waals surface area (Å²) in [6.07, 6.45) is 2.12. The van der Waals surface area contributed by atoms with Gasteiger partial charge in [-0.3, -0.25) is 14.8 Å². The van der Waals surface area contributed by atoms with Crippen LogP contribution in [-0.4, -0.2) is 33.0 Å². The number of nitrogens with two attached hydrogens (primary N) is 1. The van der Waals surface area contributed by atoms with E-state index in [-0.39, 0.29) is 35.2 Å². The number of anilines is 4. The van der Waals surface area contributed by atoms with E-state index >= 15 is 0 Å². The van der Waals surface area contributed by atoms with Crippen LogP contribution in [0.4, 0.5) is 23.1 Å². The first-order valence-corrected chi connectivity index (χ1v) is 9.02.